The van der Waals surface area contributed by atoms with Crippen LogP contribution in [0.4, 0.5) is 11.4 Å². The Kier molecular flexibility index (Phi) is 5.84. The van der Waals surface area contributed by atoms with E-state index in [0.29, 0.717) is 5.84 Å². The normalized spacial score (nSPS) is 11.5. The average Bonchev–Trinajstić information content (AvgIpc) is 2.81. The van der Waals surface area contributed by atoms with E-state index >= 15 is 0 Å². The molecule has 4 nitrogen and oxygen atoms in total. The Morgan fingerprint density at radius 3 is 1.76 bits per heavy atom. The predicted octanol–water partition coefficient (Wildman–Crippen LogP) is 6.91. The number of hydrogen-bond donors (Lipinski definition) is 1. The third-order valence-corrected chi connectivity index (χ3v) is 4.33. The van der Waals surface area contributed by atoms with Gasteiger partial charge in [0, 0.05) is 5.56 Å². The number of nitrogens with one attached hydrogen (secondary N) is 1. The first-order chi connectivity index (χ1) is 14.4. The molecule has 0 aliphatic heterocycles. The van der Waals surface area contributed by atoms with E-state index in [1.54, 1.807) is 0 Å². The maximum Gasteiger partial charge on any atom is 0.201 e. The average molecular weight is 376 g/mol. The first kappa shape index (κ1) is 18.3. The van der Waals surface area contributed by atoms with Gasteiger partial charge in [0.15, 0.2) is 0 Å². The number of benzene rings is 4. The van der Waals surface area contributed by atoms with Crippen LogP contribution in [0.15, 0.2) is 131 Å². The standard InChI is InChI=1S/C25H20N4/c1-4-10-20(11-5-1)21-16-18-24(19-17-21)27-29-25(22-12-6-2-7-13-22)28-26-23-14-8-3-9-15-23/h1-19,26H/b28-25+,29-27?. The van der Waals surface area contributed by atoms with Crippen LogP contribution in [0.2, 0.25) is 0 Å². The summed E-state index contributed by atoms with van der Waals surface area (Å²) in [4.78, 5) is 0. The fourth-order valence-corrected chi connectivity index (χ4v) is 2.82. The van der Waals surface area contributed by atoms with E-state index in [0.717, 1.165) is 22.5 Å². The van der Waals surface area contributed by atoms with Gasteiger partial charge in [-0.3, -0.25) is 5.43 Å². The molecule has 0 aliphatic rings. The molecule has 0 bridgehead atoms. The monoisotopic (exact) mass is 376 g/mol. The number of azo groups is 1. The summed E-state index contributed by atoms with van der Waals surface area (Å²) < 4.78 is 0. The molecule has 0 fully saturated rings. The van der Waals surface area contributed by atoms with Gasteiger partial charge in [0.2, 0.25) is 5.84 Å². The zero-order chi connectivity index (χ0) is 19.7. The Balaban J connectivity index is 1.56. The number of rotatable bonds is 5. The van der Waals surface area contributed by atoms with Crippen LogP contribution in [0.5, 0.6) is 0 Å². The van der Waals surface area contributed by atoms with Crippen LogP contribution in [0.25, 0.3) is 11.1 Å². The number of nitrogens with zero attached hydrogens (tertiary/aromatic N) is 3. The highest BCUT2D eigenvalue weighted by Crippen LogP contribution is 2.22. The molecule has 0 saturated carbocycles. The summed E-state index contributed by atoms with van der Waals surface area (Å²) in [5.74, 6) is 0.515. The molecule has 0 aromatic heterocycles. The van der Waals surface area contributed by atoms with Crippen molar-refractivity contribution in [1.82, 2.24) is 0 Å². The summed E-state index contributed by atoms with van der Waals surface area (Å²) in [6, 6.07) is 37.8. The van der Waals surface area contributed by atoms with E-state index in [1.165, 1.54) is 5.56 Å². The molecule has 4 heteroatoms. The summed E-state index contributed by atoms with van der Waals surface area (Å²) in [7, 11) is 0. The van der Waals surface area contributed by atoms with Crippen molar-refractivity contribution in [2.75, 3.05) is 5.43 Å². The summed E-state index contributed by atoms with van der Waals surface area (Å²) >= 11 is 0. The van der Waals surface area contributed by atoms with Crippen molar-refractivity contribution in [3.8, 4) is 11.1 Å². The van der Waals surface area contributed by atoms with Gasteiger partial charge in [-0.15, -0.1) is 10.2 Å². The van der Waals surface area contributed by atoms with Gasteiger partial charge in [0.25, 0.3) is 0 Å². The van der Waals surface area contributed by atoms with Crippen LogP contribution in [0.1, 0.15) is 5.56 Å². The maximum absolute atomic E-state index is 4.45. The van der Waals surface area contributed by atoms with Crippen LogP contribution < -0.4 is 5.43 Å². The molecule has 1 N–H and O–H groups in total. The molecule has 4 rings (SSSR count). The summed E-state index contributed by atoms with van der Waals surface area (Å²) in [6.45, 7) is 0. The third-order valence-electron chi connectivity index (χ3n) is 4.33. The highest BCUT2D eigenvalue weighted by atomic mass is 15.3. The lowest BCUT2D eigenvalue weighted by atomic mass is 10.1. The second-order valence-corrected chi connectivity index (χ2v) is 6.39. The SMILES string of the molecule is c1ccc(N/N=C(/N=Nc2ccc(-c3ccccc3)cc2)c2ccccc2)cc1. The number of hydrazone groups is 1. The van der Waals surface area contributed by atoms with Gasteiger partial charge < -0.3 is 0 Å². The molecular weight excluding hydrogens is 356 g/mol. The lowest BCUT2D eigenvalue weighted by molar-refractivity contribution is 1.22. The Hall–Kier alpha value is -4.05. The number of para-hydroxylation sites is 1. The van der Waals surface area contributed by atoms with E-state index in [1.807, 2.05) is 103 Å². The fourth-order valence-electron chi connectivity index (χ4n) is 2.82. The van der Waals surface area contributed by atoms with E-state index in [2.05, 4.69) is 32.9 Å². The predicted molar refractivity (Wildman–Crippen MR) is 119 cm³/mol. The first-order valence-corrected chi connectivity index (χ1v) is 9.40. The highest BCUT2D eigenvalue weighted by molar-refractivity contribution is 5.99. The Labute approximate surface area is 170 Å². The molecule has 140 valence electrons. The lowest BCUT2D eigenvalue weighted by Gasteiger charge is -2.04. The van der Waals surface area contributed by atoms with Gasteiger partial charge in [-0.25, -0.2) is 0 Å². The van der Waals surface area contributed by atoms with E-state index in [-0.39, 0.29) is 0 Å². The Morgan fingerprint density at radius 1 is 0.552 bits per heavy atom. The van der Waals surface area contributed by atoms with Crippen molar-refractivity contribution in [2.45, 2.75) is 0 Å². The Morgan fingerprint density at radius 2 is 1.10 bits per heavy atom. The second kappa shape index (κ2) is 9.24. The fraction of sp³-hybridized carbons (Fsp3) is 0. The largest absolute Gasteiger partial charge is 0.276 e. The highest BCUT2D eigenvalue weighted by Gasteiger charge is 2.03. The Bertz CT molecular complexity index is 1090. The molecule has 4 aromatic carbocycles. The number of amidine groups is 1. The van der Waals surface area contributed by atoms with Gasteiger partial charge in [-0.2, -0.15) is 5.10 Å². The van der Waals surface area contributed by atoms with Gasteiger partial charge in [-0.05, 0) is 35.4 Å². The summed E-state index contributed by atoms with van der Waals surface area (Å²) in [5.41, 5.74) is 7.92. The van der Waals surface area contributed by atoms with Crippen LogP contribution in [-0.4, -0.2) is 5.84 Å². The molecule has 0 heterocycles. The number of anilines is 1. The van der Waals surface area contributed by atoms with E-state index in [9.17, 15) is 0 Å². The molecule has 0 unspecified atom stereocenters. The smallest absolute Gasteiger partial charge is 0.201 e. The van der Waals surface area contributed by atoms with Gasteiger partial charge in [-0.1, -0.05) is 91.0 Å². The van der Waals surface area contributed by atoms with Gasteiger partial charge in [0.1, 0.15) is 0 Å². The minimum atomic E-state index is 0.515. The second-order valence-electron chi connectivity index (χ2n) is 6.39. The van der Waals surface area contributed by atoms with Crippen molar-refractivity contribution in [1.29, 1.82) is 0 Å². The topological polar surface area (TPSA) is 49.1 Å². The summed E-state index contributed by atoms with van der Waals surface area (Å²) in [5, 5.41) is 13.2. The molecule has 0 spiro atoms. The molecule has 0 radical (unpaired) electrons. The zero-order valence-electron chi connectivity index (χ0n) is 15.8. The zero-order valence-corrected chi connectivity index (χ0v) is 15.8. The first-order valence-electron chi connectivity index (χ1n) is 9.40. The minimum absolute atomic E-state index is 0.515. The molecule has 0 saturated heterocycles. The van der Waals surface area contributed by atoms with Gasteiger partial charge >= 0.3 is 0 Å². The van der Waals surface area contributed by atoms with Crippen molar-refractivity contribution in [3.63, 3.8) is 0 Å². The molecule has 29 heavy (non-hydrogen) atoms. The van der Waals surface area contributed by atoms with Crippen LogP contribution >= 0.6 is 0 Å². The third kappa shape index (κ3) is 5.02. The molecule has 0 atom stereocenters. The van der Waals surface area contributed by atoms with E-state index in [4.69, 9.17) is 0 Å². The molecule has 4 aromatic rings. The van der Waals surface area contributed by atoms with E-state index < -0.39 is 0 Å². The van der Waals surface area contributed by atoms with Crippen LogP contribution in [0, 0.1) is 0 Å². The van der Waals surface area contributed by atoms with Crippen molar-refractivity contribution >= 4 is 17.2 Å². The van der Waals surface area contributed by atoms with Crippen molar-refractivity contribution < 1.29 is 0 Å². The lowest BCUT2D eigenvalue weighted by Crippen LogP contribution is -2.00. The number of hydrogen-bond acceptors (Lipinski definition) is 3. The van der Waals surface area contributed by atoms with Gasteiger partial charge in [0.05, 0.1) is 11.4 Å². The van der Waals surface area contributed by atoms with Crippen LogP contribution in [0.3, 0.4) is 0 Å². The maximum atomic E-state index is 4.45. The quantitative estimate of drug-likeness (QED) is 0.175. The van der Waals surface area contributed by atoms with Crippen LogP contribution in [-0.2, 0) is 0 Å². The molecule has 0 amide bonds. The summed E-state index contributed by atoms with van der Waals surface area (Å²) in [6.07, 6.45) is 0. The molecular formula is C25H20N4. The van der Waals surface area contributed by atoms with Crippen molar-refractivity contribution in [2.24, 2.45) is 15.3 Å². The van der Waals surface area contributed by atoms with Crippen molar-refractivity contribution in [3.05, 3.63) is 121 Å². The minimum Gasteiger partial charge on any atom is -0.276 e. The molecule has 0 aliphatic carbocycles.